The van der Waals surface area contributed by atoms with E-state index in [2.05, 4.69) is 15.7 Å². The van der Waals surface area contributed by atoms with Crippen LogP contribution in [0.25, 0.3) is 0 Å². The number of hydrogen-bond acceptors (Lipinski definition) is 3. The Bertz CT molecular complexity index is 357. The number of nitrogens with zero attached hydrogens (tertiary/aromatic N) is 1. The second-order valence-corrected chi connectivity index (χ2v) is 5.01. The van der Waals surface area contributed by atoms with Crippen molar-refractivity contribution in [1.29, 1.82) is 0 Å². The molecule has 0 aromatic carbocycles. The van der Waals surface area contributed by atoms with Crippen LogP contribution in [0.15, 0.2) is 5.38 Å². The molecule has 1 atom stereocenters. The largest absolute Gasteiger partial charge is 0.302 e. The lowest BCUT2D eigenvalue weighted by molar-refractivity contribution is -0.119. The fourth-order valence-corrected chi connectivity index (χ4v) is 2.12. The Labute approximate surface area is 93.9 Å². The Morgan fingerprint density at radius 1 is 1.73 bits per heavy atom. The zero-order valence-corrected chi connectivity index (χ0v) is 9.93. The van der Waals surface area contributed by atoms with Gasteiger partial charge in [0.25, 0.3) is 0 Å². The van der Waals surface area contributed by atoms with Gasteiger partial charge >= 0.3 is 0 Å². The Kier molecular flexibility index (Phi) is 3.05. The van der Waals surface area contributed by atoms with E-state index in [0.717, 1.165) is 17.2 Å². The molecule has 0 saturated heterocycles. The van der Waals surface area contributed by atoms with E-state index in [1.807, 2.05) is 13.8 Å². The summed E-state index contributed by atoms with van der Waals surface area (Å²) in [6.45, 7) is 3.95. The van der Waals surface area contributed by atoms with Crippen LogP contribution in [0.5, 0.6) is 0 Å². The summed E-state index contributed by atoms with van der Waals surface area (Å²) in [7, 11) is 0. The maximum absolute atomic E-state index is 11.6. The first-order valence-corrected chi connectivity index (χ1v) is 6.35. The van der Waals surface area contributed by atoms with Gasteiger partial charge in [-0.3, -0.25) is 4.79 Å². The number of rotatable bonds is 4. The highest BCUT2D eigenvalue weighted by molar-refractivity contribution is 7.13. The predicted octanol–water partition coefficient (Wildman–Crippen LogP) is 3.01. The minimum absolute atomic E-state index is 0.0678. The van der Waals surface area contributed by atoms with Gasteiger partial charge in [-0.1, -0.05) is 13.8 Å². The van der Waals surface area contributed by atoms with Gasteiger partial charge in [0, 0.05) is 17.2 Å². The monoisotopic (exact) mass is 224 g/mol. The van der Waals surface area contributed by atoms with E-state index >= 15 is 0 Å². The summed E-state index contributed by atoms with van der Waals surface area (Å²) in [5.74, 6) is 0.808. The molecule has 1 N–H and O–H groups in total. The Morgan fingerprint density at radius 3 is 3.07 bits per heavy atom. The summed E-state index contributed by atoms with van der Waals surface area (Å²) in [5, 5.41) is 5.68. The van der Waals surface area contributed by atoms with Gasteiger partial charge in [-0.15, -0.1) is 11.3 Å². The molecule has 0 radical (unpaired) electrons. The molecular formula is C11H16N2OS. The SMILES string of the molecule is CCC(C)C(=O)Nc1nc(C2CC2)cs1. The van der Waals surface area contributed by atoms with Crippen LogP contribution in [-0.4, -0.2) is 10.9 Å². The van der Waals surface area contributed by atoms with E-state index in [0.29, 0.717) is 5.92 Å². The van der Waals surface area contributed by atoms with E-state index in [1.54, 1.807) is 0 Å². The number of anilines is 1. The number of amides is 1. The number of aromatic nitrogens is 1. The molecule has 0 spiro atoms. The maximum atomic E-state index is 11.6. The van der Waals surface area contributed by atoms with Gasteiger partial charge in [-0.05, 0) is 19.3 Å². The van der Waals surface area contributed by atoms with E-state index < -0.39 is 0 Å². The normalized spacial score (nSPS) is 17.5. The van der Waals surface area contributed by atoms with Crippen molar-refractivity contribution in [3.8, 4) is 0 Å². The third-order valence-electron chi connectivity index (χ3n) is 2.81. The van der Waals surface area contributed by atoms with Crippen molar-refractivity contribution in [2.24, 2.45) is 5.92 Å². The topological polar surface area (TPSA) is 42.0 Å². The van der Waals surface area contributed by atoms with E-state index in [-0.39, 0.29) is 11.8 Å². The highest BCUT2D eigenvalue weighted by atomic mass is 32.1. The van der Waals surface area contributed by atoms with E-state index in [9.17, 15) is 4.79 Å². The van der Waals surface area contributed by atoms with Gasteiger partial charge in [-0.2, -0.15) is 0 Å². The van der Waals surface area contributed by atoms with Crippen molar-refractivity contribution in [1.82, 2.24) is 4.98 Å². The van der Waals surface area contributed by atoms with Crippen LogP contribution in [0.1, 0.15) is 44.7 Å². The highest BCUT2D eigenvalue weighted by Crippen LogP contribution is 2.40. The Morgan fingerprint density at radius 2 is 2.47 bits per heavy atom. The molecule has 15 heavy (non-hydrogen) atoms. The molecule has 1 fully saturated rings. The smallest absolute Gasteiger partial charge is 0.228 e. The van der Waals surface area contributed by atoms with Crippen molar-refractivity contribution in [2.75, 3.05) is 5.32 Å². The highest BCUT2D eigenvalue weighted by Gasteiger charge is 2.26. The molecule has 1 saturated carbocycles. The Hall–Kier alpha value is -0.900. The van der Waals surface area contributed by atoms with Crippen molar-refractivity contribution < 1.29 is 4.79 Å². The quantitative estimate of drug-likeness (QED) is 0.854. The van der Waals surface area contributed by atoms with Crippen LogP contribution in [0, 0.1) is 5.92 Å². The van der Waals surface area contributed by atoms with Crippen LogP contribution in [0.4, 0.5) is 5.13 Å². The van der Waals surface area contributed by atoms with Crippen LogP contribution in [-0.2, 0) is 4.79 Å². The first-order chi connectivity index (χ1) is 7.20. The van der Waals surface area contributed by atoms with Crippen LogP contribution in [0.3, 0.4) is 0 Å². The van der Waals surface area contributed by atoms with Crippen molar-refractivity contribution in [2.45, 2.75) is 39.0 Å². The lowest BCUT2D eigenvalue weighted by Gasteiger charge is -2.06. The molecule has 0 bridgehead atoms. The molecular weight excluding hydrogens is 208 g/mol. The second kappa shape index (κ2) is 4.31. The van der Waals surface area contributed by atoms with Gasteiger partial charge in [-0.25, -0.2) is 4.98 Å². The molecule has 82 valence electrons. The number of carbonyl (C=O) groups is 1. The lowest BCUT2D eigenvalue weighted by atomic mass is 10.1. The average Bonchev–Trinajstić information content (AvgIpc) is 2.99. The van der Waals surface area contributed by atoms with Gasteiger partial charge in [0.15, 0.2) is 5.13 Å². The van der Waals surface area contributed by atoms with E-state index in [4.69, 9.17) is 0 Å². The van der Waals surface area contributed by atoms with Crippen molar-refractivity contribution in [3.05, 3.63) is 11.1 Å². The summed E-state index contributed by atoms with van der Waals surface area (Å²) >= 11 is 1.53. The van der Waals surface area contributed by atoms with E-state index in [1.165, 1.54) is 24.2 Å². The molecule has 1 aromatic heterocycles. The number of hydrogen-bond donors (Lipinski definition) is 1. The standard InChI is InChI=1S/C11H16N2OS/c1-3-7(2)10(14)13-11-12-9(6-15-11)8-4-5-8/h6-8H,3-5H2,1-2H3,(H,12,13,14). The van der Waals surface area contributed by atoms with Gasteiger partial charge < -0.3 is 5.32 Å². The molecule has 4 heteroatoms. The molecule has 3 nitrogen and oxygen atoms in total. The molecule has 2 rings (SSSR count). The summed E-state index contributed by atoms with van der Waals surface area (Å²) < 4.78 is 0. The molecule has 1 heterocycles. The van der Waals surface area contributed by atoms with Gasteiger partial charge in [0.1, 0.15) is 0 Å². The lowest BCUT2D eigenvalue weighted by Crippen LogP contribution is -2.19. The predicted molar refractivity (Wildman–Crippen MR) is 62.2 cm³/mol. The summed E-state index contributed by atoms with van der Waals surface area (Å²) in [6.07, 6.45) is 3.37. The minimum atomic E-state index is 0.0678. The zero-order valence-electron chi connectivity index (χ0n) is 9.12. The maximum Gasteiger partial charge on any atom is 0.228 e. The Balaban J connectivity index is 1.95. The van der Waals surface area contributed by atoms with Crippen LogP contribution >= 0.6 is 11.3 Å². The fraction of sp³-hybridized carbons (Fsp3) is 0.636. The van der Waals surface area contributed by atoms with Gasteiger partial charge in [0.05, 0.1) is 5.69 Å². The molecule has 0 aliphatic heterocycles. The van der Waals surface area contributed by atoms with Gasteiger partial charge in [0.2, 0.25) is 5.91 Å². The molecule has 1 aromatic rings. The summed E-state index contributed by atoms with van der Waals surface area (Å²) in [6, 6.07) is 0. The molecule has 1 amide bonds. The first-order valence-electron chi connectivity index (χ1n) is 5.47. The average molecular weight is 224 g/mol. The summed E-state index contributed by atoms with van der Waals surface area (Å²) in [5.41, 5.74) is 1.15. The number of nitrogens with one attached hydrogen (secondary N) is 1. The van der Waals surface area contributed by atoms with Crippen LogP contribution < -0.4 is 5.32 Å². The minimum Gasteiger partial charge on any atom is -0.302 e. The molecule has 1 aliphatic carbocycles. The number of carbonyl (C=O) groups excluding carboxylic acids is 1. The molecule has 1 aliphatic rings. The molecule has 1 unspecified atom stereocenters. The van der Waals surface area contributed by atoms with Crippen LogP contribution in [0.2, 0.25) is 0 Å². The van der Waals surface area contributed by atoms with Crippen molar-refractivity contribution in [3.63, 3.8) is 0 Å². The third-order valence-corrected chi connectivity index (χ3v) is 3.58. The fourth-order valence-electron chi connectivity index (χ4n) is 1.32. The van der Waals surface area contributed by atoms with Crippen molar-refractivity contribution >= 4 is 22.4 Å². The number of thiazole rings is 1. The zero-order chi connectivity index (χ0) is 10.8. The third kappa shape index (κ3) is 2.56. The summed E-state index contributed by atoms with van der Waals surface area (Å²) in [4.78, 5) is 16.0. The first kappa shape index (κ1) is 10.6. The second-order valence-electron chi connectivity index (χ2n) is 4.15.